The van der Waals surface area contributed by atoms with Crippen molar-refractivity contribution < 1.29 is 14.4 Å². The van der Waals surface area contributed by atoms with Crippen molar-refractivity contribution in [2.24, 2.45) is 0 Å². The van der Waals surface area contributed by atoms with Crippen molar-refractivity contribution in [3.63, 3.8) is 0 Å². The van der Waals surface area contributed by atoms with Gasteiger partial charge < -0.3 is 9.47 Å². The highest BCUT2D eigenvalue weighted by molar-refractivity contribution is 5.63. The third-order valence-corrected chi connectivity index (χ3v) is 3.38. The van der Waals surface area contributed by atoms with Crippen molar-refractivity contribution in [3.05, 3.63) is 39.1 Å². The summed E-state index contributed by atoms with van der Waals surface area (Å²) in [7, 11) is 3.16. The summed E-state index contributed by atoms with van der Waals surface area (Å²) in [5.41, 5.74) is 1.75. The molecule has 0 N–H and O–H groups in total. The highest BCUT2D eigenvalue weighted by Gasteiger charge is 2.15. The molecule has 20 heavy (non-hydrogen) atoms. The Morgan fingerprint density at radius 3 is 2.40 bits per heavy atom. The normalized spacial score (nSPS) is 12.9. The molecular weight excluding hydrogens is 258 g/mol. The molecule has 1 aromatic rings. The van der Waals surface area contributed by atoms with Gasteiger partial charge >= 0.3 is 0 Å². The van der Waals surface area contributed by atoms with Crippen molar-refractivity contribution in [3.8, 4) is 11.5 Å². The first-order valence-electron chi connectivity index (χ1n) is 6.53. The minimum atomic E-state index is -0.422. The van der Waals surface area contributed by atoms with Crippen LogP contribution in [0.4, 0.5) is 0 Å². The fraction of sp³-hybridized carbons (Fsp3) is 0.467. The SMILES string of the molecule is CCC(C)c1cc(OC)c(C=C(C)[N+](=O)[O-])cc1OC. The van der Waals surface area contributed by atoms with Gasteiger partial charge in [-0.3, -0.25) is 10.1 Å². The van der Waals surface area contributed by atoms with Crippen molar-refractivity contribution >= 4 is 6.08 Å². The predicted molar refractivity (Wildman–Crippen MR) is 78.9 cm³/mol. The summed E-state index contributed by atoms with van der Waals surface area (Å²) in [6.45, 7) is 5.66. The molecule has 0 bridgehead atoms. The number of hydrogen-bond acceptors (Lipinski definition) is 4. The largest absolute Gasteiger partial charge is 0.496 e. The van der Waals surface area contributed by atoms with Gasteiger partial charge in [-0.15, -0.1) is 0 Å². The first-order chi connectivity index (χ1) is 9.44. The number of benzene rings is 1. The molecule has 5 heteroatoms. The molecular formula is C15H21NO4. The second-order valence-electron chi connectivity index (χ2n) is 4.69. The quantitative estimate of drug-likeness (QED) is 0.586. The number of hydrogen-bond donors (Lipinski definition) is 0. The van der Waals surface area contributed by atoms with Crippen LogP contribution < -0.4 is 9.47 Å². The Bertz CT molecular complexity index is 523. The average Bonchev–Trinajstić information content (AvgIpc) is 2.45. The van der Waals surface area contributed by atoms with Gasteiger partial charge in [0.25, 0.3) is 0 Å². The summed E-state index contributed by atoms with van der Waals surface area (Å²) in [5, 5.41) is 10.7. The molecule has 0 amide bonds. The zero-order chi connectivity index (χ0) is 15.3. The highest BCUT2D eigenvalue weighted by Crippen LogP contribution is 2.35. The lowest BCUT2D eigenvalue weighted by Gasteiger charge is -2.17. The van der Waals surface area contributed by atoms with E-state index < -0.39 is 4.92 Å². The van der Waals surface area contributed by atoms with Crippen LogP contribution in [0.15, 0.2) is 17.8 Å². The lowest BCUT2D eigenvalue weighted by molar-refractivity contribution is -0.422. The Morgan fingerprint density at radius 2 is 1.95 bits per heavy atom. The second kappa shape index (κ2) is 6.93. The first-order valence-corrected chi connectivity index (χ1v) is 6.53. The monoisotopic (exact) mass is 279 g/mol. The molecule has 0 radical (unpaired) electrons. The highest BCUT2D eigenvalue weighted by atomic mass is 16.6. The van der Waals surface area contributed by atoms with Gasteiger partial charge in [0.2, 0.25) is 5.70 Å². The fourth-order valence-electron chi connectivity index (χ4n) is 1.94. The molecule has 0 aromatic heterocycles. The Labute approximate surface area is 119 Å². The third-order valence-electron chi connectivity index (χ3n) is 3.38. The van der Waals surface area contributed by atoms with Crippen molar-refractivity contribution in [1.29, 1.82) is 0 Å². The zero-order valence-corrected chi connectivity index (χ0v) is 12.6. The van der Waals surface area contributed by atoms with Gasteiger partial charge in [-0.05, 0) is 24.5 Å². The van der Waals surface area contributed by atoms with E-state index in [9.17, 15) is 10.1 Å². The molecule has 0 heterocycles. The van der Waals surface area contributed by atoms with Crippen LogP contribution in [0.2, 0.25) is 0 Å². The summed E-state index contributed by atoms with van der Waals surface area (Å²) < 4.78 is 10.7. The molecule has 0 saturated heterocycles. The molecule has 5 nitrogen and oxygen atoms in total. The average molecular weight is 279 g/mol. The smallest absolute Gasteiger partial charge is 0.243 e. The van der Waals surface area contributed by atoms with Crippen LogP contribution in [0, 0.1) is 10.1 Å². The van der Waals surface area contributed by atoms with Crippen LogP contribution in [-0.4, -0.2) is 19.1 Å². The van der Waals surface area contributed by atoms with Crippen LogP contribution in [0.25, 0.3) is 6.08 Å². The Hall–Kier alpha value is -2.04. The molecule has 0 aliphatic carbocycles. The minimum absolute atomic E-state index is 0.0571. The van der Waals surface area contributed by atoms with E-state index in [0.717, 1.165) is 17.7 Å². The molecule has 1 rings (SSSR count). The van der Waals surface area contributed by atoms with E-state index >= 15 is 0 Å². The van der Waals surface area contributed by atoms with Crippen molar-refractivity contribution in [1.82, 2.24) is 0 Å². The molecule has 1 atom stereocenters. The number of methoxy groups -OCH3 is 2. The number of nitrogens with zero attached hydrogens (tertiary/aromatic N) is 1. The van der Waals surface area contributed by atoms with E-state index in [0.29, 0.717) is 17.2 Å². The van der Waals surface area contributed by atoms with E-state index in [2.05, 4.69) is 13.8 Å². The van der Waals surface area contributed by atoms with Gasteiger partial charge in [0.1, 0.15) is 11.5 Å². The molecule has 0 saturated carbocycles. The Balaban J connectivity index is 3.40. The number of allylic oxidation sites excluding steroid dienone is 1. The Morgan fingerprint density at radius 1 is 1.35 bits per heavy atom. The summed E-state index contributed by atoms with van der Waals surface area (Å²) in [5.74, 6) is 1.67. The molecule has 0 aliphatic heterocycles. The van der Waals surface area contributed by atoms with Crippen LogP contribution in [-0.2, 0) is 0 Å². The second-order valence-corrected chi connectivity index (χ2v) is 4.69. The standard InChI is InChI=1S/C15H21NO4/c1-6-10(2)13-9-14(19-4)12(8-15(13)20-5)7-11(3)16(17)18/h7-10H,6H2,1-5H3. The van der Waals surface area contributed by atoms with Crippen LogP contribution >= 0.6 is 0 Å². The lowest BCUT2D eigenvalue weighted by Crippen LogP contribution is -2.00. The van der Waals surface area contributed by atoms with E-state index in [-0.39, 0.29) is 5.70 Å². The van der Waals surface area contributed by atoms with Gasteiger partial charge in [0, 0.05) is 24.1 Å². The summed E-state index contributed by atoms with van der Waals surface area (Å²) >= 11 is 0. The molecule has 0 fully saturated rings. The van der Waals surface area contributed by atoms with E-state index in [1.54, 1.807) is 20.3 Å². The van der Waals surface area contributed by atoms with Crippen molar-refractivity contribution in [2.75, 3.05) is 14.2 Å². The van der Waals surface area contributed by atoms with Crippen LogP contribution in [0.3, 0.4) is 0 Å². The number of rotatable bonds is 6. The van der Waals surface area contributed by atoms with Crippen LogP contribution in [0.1, 0.15) is 44.2 Å². The maximum Gasteiger partial charge on any atom is 0.243 e. The topological polar surface area (TPSA) is 61.6 Å². The number of ether oxygens (including phenoxy) is 2. The van der Waals surface area contributed by atoms with E-state index in [4.69, 9.17) is 9.47 Å². The lowest BCUT2D eigenvalue weighted by atomic mass is 9.95. The van der Waals surface area contributed by atoms with Gasteiger partial charge in [0.15, 0.2) is 0 Å². The van der Waals surface area contributed by atoms with Gasteiger partial charge in [-0.25, -0.2) is 0 Å². The Kier molecular flexibility index (Phi) is 5.55. The summed E-state index contributed by atoms with van der Waals surface area (Å²) in [6.07, 6.45) is 2.46. The first kappa shape index (κ1) is 16.0. The van der Waals surface area contributed by atoms with E-state index in [1.807, 2.05) is 6.07 Å². The maximum absolute atomic E-state index is 10.7. The third kappa shape index (κ3) is 3.50. The minimum Gasteiger partial charge on any atom is -0.496 e. The molecule has 1 aromatic carbocycles. The van der Waals surface area contributed by atoms with Gasteiger partial charge in [-0.1, -0.05) is 13.8 Å². The van der Waals surface area contributed by atoms with Gasteiger partial charge in [-0.2, -0.15) is 0 Å². The summed E-state index contributed by atoms with van der Waals surface area (Å²) in [6, 6.07) is 3.68. The van der Waals surface area contributed by atoms with Crippen LogP contribution in [0.5, 0.6) is 11.5 Å². The van der Waals surface area contributed by atoms with E-state index in [1.165, 1.54) is 13.0 Å². The fourth-order valence-corrected chi connectivity index (χ4v) is 1.94. The zero-order valence-electron chi connectivity index (χ0n) is 12.6. The molecule has 1 unspecified atom stereocenters. The molecule has 0 aliphatic rings. The molecule has 0 spiro atoms. The van der Waals surface area contributed by atoms with Crippen molar-refractivity contribution in [2.45, 2.75) is 33.1 Å². The van der Waals surface area contributed by atoms with Gasteiger partial charge in [0.05, 0.1) is 19.1 Å². The molecule has 110 valence electrons. The summed E-state index contributed by atoms with van der Waals surface area (Å²) in [4.78, 5) is 10.3. The predicted octanol–water partition coefficient (Wildman–Crippen LogP) is 3.85. The number of nitro groups is 1. The maximum atomic E-state index is 10.7.